The van der Waals surface area contributed by atoms with Crippen molar-refractivity contribution >= 4 is 39.5 Å². The molecule has 1 aliphatic rings. The summed E-state index contributed by atoms with van der Waals surface area (Å²) in [7, 11) is 0. The summed E-state index contributed by atoms with van der Waals surface area (Å²) in [6.45, 7) is 4.74. The van der Waals surface area contributed by atoms with Crippen molar-refractivity contribution in [3.63, 3.8) is 0 Å². The summed E-state index contributed by atoms with van der Waals surface area (Å²) in [5.74, 6) is 1.01. The lowest BCUT2D eigenvalue weighted by atomic mass is 9.98. The van der Waals surface area contributed by atoms with Crippen LogP contribution in [0.3, 0.4) is 0 Å². The fraction of sp³-hybridized carbons (Fsp3) is 0.304. The largest absolute Gasteiger partial charge is 0.366 e. The van der Waals surface area contributed by atoms with Crippen LogP contribution in [0.2, 0.25) is 0 Å². The summed E-state index contributed by atoms with van der Waals surface area (Å²) in [4.78, 5) is 13.8. The lowest BCUT2D eigenvalue weighted by Gasteiger charge is -2.11. The molecule has 0 aliphatic heterocycles. The molecule has 1 fully saturated rings. The van der Waals surface area contributed by atoms with Crippen LogP contribution in [0, 0.1) is 19.8 Å². The minimum atomic E-state index is -0.408. The number of aryl methyl sites for hydroxylation is 2. The molecule has 0 unspecified atom stereocenters. The fourth-order valence-electron chi connectivity index (χ4n) is 4.40. The second kappa shape index (κ2) is 6.66. The first-order valence-corrected chi connectivity index (χ1v) is 11.1. The zero-order valence-electron chi connectivity index (χ0n) is 16.8. The summed E-state index contributed by atoms with van der Waals surface area (Å²) in [5.41, 5.74) is 11.2. The summed E-state index contributed by atoms with van der Waals surface area (Å²) in [5, 5.41) is 6.35. The molecule has 1 aliphatic carbocycles. The Balaban J connectivity index is 1.94. The molecule has 148 valence electrons. The van der Waals surface area contributed by atoms with Crippen LogP contribution in [-0.2, 0) is 6.54 Å². The number of nitrogens with two attached hydrogens (primary N) is 1. The number of hydrogen-bond acceptors (Lipinski definition) is 4. The van der Waals surface area contributed by atoms with Crippen molar-refractivity contribution in [3.05, 3.63) is 47.3 Å². The standard InChI is InChI=1S/C23H23N3O2S/c1-12-20(13(2)28-25-12)15-9-16-21-18(5-4-6-19(21)29-3)26(11-14-7-8-14)22(16)17(10-15)23(24)27/h4-6,9-10,14H,7-8,11H2,1-3H3,(H2,24,27). The van der Waals surface area contributed by atoms with Crippen LogP contribution in [0.1, 0.15) is 34.7 Å². The highest BCUT2D eigenvalue weighted by atomic mass is 32.2. The minimum absolute atomic E-state index is 0.408. The van der Waals surface area contributed by atoms with Gasteiger partial charge in [-0.2, -0.15) is 0 Å². The number of benzene rings is 2. The van der Waals surface area contributed by atoms with E-state index in [0.717, 1.165) is 45.5 Å². The smallest absolute Gasteiger partial charge is 0.250 e. The van der Waals surface area contributed by atoms with Gasteiger partial charge in [0.15, 0.2) is 0 Å². The lowest BCUT2D eigenvalue weighted by molar-refractivity contribution is 0.100. The van der Waals surface area contributed by atoms with Gasteiger partial charge in [-0.05, 0) is 68.7 Å². The van der Waals surface area contributed by atoms with E-state index >= 15 is 0 Å². The SMILES string of the molecule is CSc1cccc2c1c1cc(-c3c(C)noc3C)cc(C(N)=O)c1n2CC1CC1. The van der Waals surface area contributed by atoms with Gasteiger partial charge in [0.05, 0.1) is 22.3 Å². The molecule has 2 heterocycles. The van der Waals surface area contributed by atoms with Gasteiger partial charge in [-0.25, -0.2) is 0 Å². The van der Waals surface area contributed by atoms with Crippen molar-refractivity contribution < 1.29 is 9.32 Å². The Morgan fingerprint density at radius 1 is 1.31 bits per heavy atom. The number of aromatic nitrogens is 2. The van der Waals surface area contributed by atoms with E-state index in [1.54, 1.807) is 11.8 Å². The number of nitrogens with zero attached hydrogens (tertiary/aromatic N) is 2. The molecule has 1 amide bonds. The number of fused-ring (bicyclic) bond motifs is 3. The van der Waals surface area contributed by atoms with Crippen LogP contribution in [0.15, 0.2) is 39.8 Å². The Morgan fingerprint density at radius 3 is 2.72 bits per heavy atom. The average molecular weight is 406 g/mol. The number of primary amides is 1. The first-order chi connectivity index (χ1) is 14.0. The Kier molecular flexibility index (Phi) is 4.21. The van der Waals surface area contributed by atoms with Gasteiger partial charge in [0.2, 0.25) is 0 Å². The molecule has 5 nitrogen and oxygen atoms in total. The molecular weight excluding hydrogens is 382 g/mol. The first kappa shape index (κ1) is 18.3. The predicted octanol–water partition coefficient (Wildman–Crippen LogP) is 5.30. The summed E-state index contributed by atoms with van der Waals surface area (Å²) in [6, 6.07) is 10.5. The number of carbonyl (C=O) groups excluding carboxylic acids is 1. The van der Waals surface area contributed by atoms with Gasteiger partial charge in [0.25, 0.3) is 5.91 Å². The zero-order chi connectivity index (χ0) is 20.3. The number of carbonyl (C=O) groups is 1. The highest BCUT2D eigenvalue weighted by molar-refractivity contribution is 7.98. The first-order valence-electron chi connectivity index (χ1n) is 9.85. The second-order valence-electron chi connectivity index (χ2n) is 7.89. The van der Waals surface area contributed by atoms with E-state index in [1.807, 2.05) is 19.9 Å². The van der Waals surface area contributed by atoms with Crippen molar-refractivity contribution in [1.29, 1.82) is 0 Å². The molecule has 0 atom stereocenters. The third-order valence-electron chi connectivity index (χ3n) is 5.89. The fourth-order valence-corrected chi connectivity index (χ4v) is 5.03. The van der Waals surface area contributed by atoms with E-state index in [0.29, 0.717) is 11.5 Å². The molecule has 2 aromatic heterocycles. The molecule has 0 saturated heterocycles. The van der Waals surface area contributed by atoms with Crippen molar-refractivity contribution in [2.24, 2.45) is 11.7 Å². The van der Waals surface area contributed by atoms with Crippen LogP contribution in [0.4, 0.5) is 0 Å². The lowest BCUT2D eigenvalue weighted by Crippen LogP contribution is -2.14. The van der Waals surface area contributed by atoms with E-state index in [9.17, 15) is 4.79 Å². The Bertz CT molecular complexity index is 1260. The zero-order valence-corrected chi connectivity index (χ0v) is 17.6. The molecule has 5 rings (SSSR count). The van der Waals surface area contributed by atoms with Gasteiger partial charge < -0.3 is 14.8 Å². The summed E-state index contributed by atoms with van der Waals surface area (Å²) < 4.78 is 7.69. The van der Waals surface area contributed by atoms with Gasteiger partial charge in [-0.15, -0.1) is 11.8 Å². The van der Waals surface area contributed by atoms with Gasteiger partial charge in [-0.1, -0.05) is 11.2 Å². The van der Waals surface area contributed by atoms with Gasteiger partial charge in [0, 0.05) is 27.8 Å². The van der Waals surface area contributed by atoms with E-state index < -0.39 is 5.91 Å². The van der Waals surface area contributed by atoms with Crippen LogP contribution in [-0.4, -0.2) is 21.9 Å². The maximum atomic E-state index is 12.6. The third kappa shape index (κ3) is 2.85. The molecule has 0 bridgehead atoms. The highest BCUT2D eigenvalue weighted by Crippen LogP contribution is 2.42. The molecule has 2 aromatic carbocycles. The Hall–Kier alpha value is -2.73. The topological polar surface area (TPSA) is 74.1 Å². The number of rotatable bonds is 5. The van der Waals surface area contributed by atoms with Crippen molar-refractivity contribution in [2.45, 2.75) is 38.1 Å². The van der Waals surface area contributed by atoms with Gasteiger partial charge >= 0.3 is 0 Å². The van der Waals surface area contributed by atoms with Crippen molar-refractivity contribution in [1.82, 2.24) is 9.72 Å². The molecule has 6 heteroatoms. The maximum Gasteiger partial charge on any atom is 0.250 e. The van der Waals surface area contributed by atoms with Crippen molar-refractivity contribution in [3.8, 4) is 11.1 Å². The Morgan fingerprint density at radius 2 is 2.10 bits per heavy atom. The highest BCUT2D eigenvalue weighted by Gasteiger charge is 2.27. The van der Waals surface area contributed by atoms with E-state index in [-0.39, 0.29) is 0 Å². The quantitative estimate of drug-likeness (QED) is 0.457. The number of hydrogen-bond donors (Lipinski definition) is 1. The molecule has 4 aromatic rings. The summed E-state index contributed by atoms with van der Waals surface area (Å²) >= 11 is 1.72. The van der Waals surface area contributed by atoms with Gasteiger partial charge in [0.1, 0.15) is 5.76 Å². The third-order valence-corrected chi connectivity index (χ3v) is 6.67. The minimum Gasteiger partial charge on any atom is -0.366 e. The monoisotopic (exact) mass is 405 g/mol. The second-order valence-corrected chi connectivity index (χ2v) is 8.74. The van der Waals surface area contributed by atoms with Crippen LogP contribution in [0.25, 0.3) is 32.9 Å². The van der Waals surface area contributed by atoms with Crippen molar-refractivity contribution in [2.75, 3.05) is 6.26 Å². The molecule has 29 heavy (non-hydrogen) atoms. The molecule has 0 radical (unpaired) electrons. The molecule has 0 spiro atoms. The molecule has 2 N–H and O–H groups in total. The maximum absolute atomic E-state index is 12.6. The Labute approximate surface area is 173 Å². The average Bonchev–Trinajstić information content (AvgIpc) is 3.39. The number of amides is 1. The number of thioether (sulfide) groups is 1. The summed E-state index contributed by atoms with van der Waals surface area (Å²) in [6.07, 6.45) is 4.57. The van der Waals surface area contributed by atoms with E-state index in [1.165, 1.54) is 23.1 Å². The van der Waals surface area contributed by atoms with E-state index in [2.05, 4.69) is 40.2 Å². The van der Waals surface area contributed by atoms with Crippen LogP contribution in [0.5, 0.6) is 0 Å². The van der Waals surface area contributed by atoms with Gasteiger partial charge in [-0.3, -0.25) is 4.79 Å². The normalized spacial score (nSPS) is 14.2. The molecular formula is C23H23N3O2S. The molecule has 1 saturated carbocycles. The van der Waals surface area contributed by atoms with Crippen LogP contribution >= 0.6 is 11.8 Å². The van der Waals surface area contributed by atoms with Crippen LogP contribution < -0.4 is 5.73 Å². The predicted molar refractivity (Wildman–Crippen MR) is 117 cm³/mol. The van der Waals surface area contributed by atoms with E-state index in [4.69, 9.17) is 10.3 Å².